The van der Waals surface area contributed by atoms with Crippen molar-refractivity contribution in [3.05, 3.63) is 0 Å². The fraction of sp³-hybridized carbons (Fsp3) is 0.969. The molecule has 36 heavy (non-hydrogen) atoms. The van der Waals surface area contributed by atoms with Gasteiger partial charge in [0.2, 0.25) is 5.91 Å². The molecule has 2 aliphatic carbocycles. The normalized spacial score (nSPS) is 22.3. The topological polar surface area (TPSA) is 49.3 Å². The number of carbonyl (C=O) groups is 1. The minimum atomic E-state index is -0.421. The molecule has 0 aliphatic heterocycles. The smallest absolute Gasteiger partial charge is 0.221 e. The number of fused-ring (bicyclic) bond motifs is 2. The van der Waals surface area contributed by atoms with Gasteiger partial charge in [0, 0.05) is 6.42 Å². The van der Waals surface area contributed by atoms with Crippen LogP contribution in [-0.4, -0.2) is 34.7 Å². The molecule has 0 aromatic rings. The number of hydrogen-bond donors (Lipinski definition) is 2. The Morgan fingerprint density at radius 1 is 0.917 bits per heavy atom. The van der Waals surface area contributed by atoms with E-state index in [2.05, 4.69) is 51.7 Å². The summed E-state index contributed by atoms with van der Waals surface area (Å²) in [4.78, 5) is 12.7. The minimum Gasteiger partial charge on any atom is -0.394 e. The molecule has 2 rings (SSSR count). The maximum absolute atomic E-state index is 12.7. The summed E-state index contributed by atoms with van der Waals surface area (Å²) >= 11 is 2.11. The molecule has 0 aromatic heterocycles. The molecule has 3 nitrogen and oxygen atoms in total. The van der Waals surface area contributed by atoms with Gasteiger partial charge >= 0.3 is 0 Å². The first-order chi connectivity index (χ1) is 17.2. The van der Waals surface area contributed by atoms with Gasteiger partial charge in [-0.1, -0.05) is 102 Å². The molecular weight excluding hydrogens is 462 g/mol. The predicted octanol–water partition coefficient (Wildman–Crippen LogP) is 9.66. The maximum Gasteiger partial charge on any atom is 0.221 e. The molecule has 2 saturated carbocycles. The molecule has 1 amide bonds. The Bertz CT molecular complexity index is 510. The summed E-state index contributed by atoms with van der Waals surface area (Å²) in [6.45, 7) is 23.5. The molecule has 0 radical (unpaired) electrons. The molecule has 4 heteroatoms. The lowest BCUT2D eigenvalue weighted by molar-refractivity contribution is -0.126. The van der Waals surface area contributed by atoms with Gasteiger partial charge in [0.1, 0.15) is 0 Å². The number of amides is 1. The average molecular weight is 530 g/mol. The van der Waals surface area contributed by atoms with Gasteiger partial charge in [-0.2, -0.15) is 11.8 Å². The zero-order chi connectivity index (χ0) is 28.3. The molecule has 0 heterocycles. The van der Waals surface area contributed by atoms with E-state index in [-0.39, 0.29) is 17.9 Å². The SMILES string of the molecule is CC.CC.CCC(CC)(CO)NC(=O)CC12CCC(CSCC(C)C)(CC1)C2.CCCC(CC)CC. The van der Waals surface area contributed by atoms with E-state index in [9.17, 15) is 9.90 Å². The van der Waals surface area contributed by atoms with Gasteiger partial charge in [-0.25, -0.2) is 0 Å². The quantitative estimate of drug-likeness (QED) is 0.235. The molecule has 218 valence electrons. The predicted molar refractivity (Wildman–Crippen MR) is 165 cm³/mol. The Labute approximate surface area is 232 Å². The molecular formula is C32H67NO2S. The maximum atomic E-state index is 12.7. The van der Waals surface area contributed by atoms with E-state index >= 15 is 0 Å². The van der Waals surface area contributed by atoms with Gasteiger partial charge in [-0.15, -0.1) is 0 Å². The van der Waals surface area contributed by atoms with Crippen LogP contribution in [0, 0.1) is 22.7 Å². The van der Waals surface area contributed by atoms with Crippen LogP contribution in [0.25, 0.3) is 0 Å². The van der Waals surface area contributed by atoms with Gasteiger partial charge in [-0.3, -0.25) is 4.79 Å². The zero-order valence-electron chi connectivity index (χ0n) is 26.5. The molecule has 0 spiro atoms. The molecule has 0 atom stereocenters. The van der Waals surface area contributed by atoms with Crippen LogP contribution in [0.3, 0.4) is 0 Å². The zero-order valence-corrected chi connectivity index (χ0v) is 27.3. The fourth-order valence-corrected chi connectivity index (χ4v) is 7.29. The third-order valence-electron chi connectivity index (χ3n) is 8.43. The van der Waals surface area contributed by atoms with Crippen molar-refractivity contribution in [1.29, 1.82) is 0 Å². The fourth-order valence-electron chi connectivity index (χ4n) is 5.88. The second-order valence-electron chi connectivity index (χ2n) is 11.4. The van der Waals surface area contributed by atoms with Crippen molar-refractivity contribution in [2.24, 2.45) is 22.7 Å². The van der Waals surface area contributed by atoms with E-state index in [1.54, 1.807) is 0 Å². The second-order valence-corrected chi connectivity index (χ2v) is 12.5. The van der Waals surface area contributed by atoms with Crippen molar-refractivity contribution >= 4 is 17.7 Å². The van der Waals surface area contributed by atoms with E-state index in [1.807, 2.05) is 41.5 Å². The number of thioether (sulfide) groups is 1. The molecule has 2 N–H and O–H groups in total. The van der Waals surface area contributed by atoms with Gasteiger partial charge in [0.15, 0.2) is 0 Å². The largest absolute Gasteiger partial charge is 0.394 e. The summed E-state index contributed by atoms with van der Waals surface area (Å²) < 4.78 is 0. The highest BCUT2D eigenvalue weighted by Gasteiger charge is 2.54. The standard InChI is InChI=1S/C20H37NO2S.C8H18.2C2H6/c1-5-20(6-2,14-22)21-17(23)11-18-7-9-19(13-18,10-8-18)15-24-12-16(3)4;1-4-7-8(5-2)6-3;2*1-2/h16,22H,5-15H2,1-4H3,(H,21,23);8H,4-7H2,1-3H3;2*1-2H3. The van der Waals surface area contributed by atoms with Crippen molar-refractivity contribution in [2.45, 2.75) is 159 Å². The Morgan fingerprint density at radius 3 is 1.78 bits per heavy atom. The lowest BCUT2D eigenvalue weighted by Crippen LogP contribution is -2.51. The van der Waals surface area contributed by atoms with Crippen LogP contribution in [0.1, 0.15) is 153 Å². The Kier molecular flexibility index (Phi) is 21.8. The molecule has 0 saturated heterocycles. The van der Waals surface area contributed by atoms with Crippen LogP contribution in [0.15, 0.2) is 0 Å². The van der Waals surface area contributed by atoms with E-state index in [0.29, 0.717) is 11.8 Å². The highest BCUT2D eigenvalue weighted by Crippen LogP contribution is 2.63. The molecule has 2 bridgehead atoms. The van der Waals surface area contributed by atoms with Crippen LogP contribution >= 0.6 is 11.8 Å². The highest BCUT2D eigenvalue weighted by atomic mass is 32.2. The van der Waals surface area contributed by atoms with Gasteiger partial charge < -0.3 is 10.4 Å². The number of carbonyl (C=O) groups excluding carboxylic acids is 1. The monoisotopic (exact) mass is 529 g/mol. The summed E-state index contributed by atoms with van der Waals surface area (Å²) in [6.07, 6.45) is 14.0. The average Bonchev–Trinajstić information content (AvgIpc) is 3.44. The van der Waals surface area contributed by atoms with Crippen molar-refractivity contribution in [3.8, 4) is 0 Å². The van der Waals surface area contributed by atoms with Crippen LogP contribution in [-0.2, 0) is 4.79 Å². The Balaban J connectivity index is 0. The first kappa shape index (κ1) is 37.9. The van der Waals surface area contributed by atoms with E-state index in [4.69, 9.17) is 0 Å². The lowest BCUT2D eigenvalue weighted by Gasteiger charge is -2.33. The van der Waals surface area contributed by atoms with Crippen LogP contribution in [0.4, 0.5) is 0 Å². The van der Waals surface area contributed by atoms with Gasteiger partial charge in [0.05, 0.1) is 12.1 Å². The Hall–Kier alpha value is -0.220. The van der Waals surface area contributed by atoms with Gasteiger partial charge in [-0.05, 0) is 79.1 Å². The van der Waals surface area contributed by atoms with Crippen molar-refractivity contribution in [2.75, 3.05) is 18.1 Å². The number of hydrogen-bond acceptors (Lipinski definition) is 3. The first-order valence-electron chi connectivity index (χ1n) is 15.7. The van der Waals surface area contributed by atoms with E-state index in [0.717, 1.165) is 24.7 Å². The number of nitrogens with one attached hydrogen (secondary N) is 1. The van der Waals surface area contributed by atoms with Crippen LogP contribution < -0.4 is 5.32 Å². The van der Waals surface area contributed by atoms with Crippen molar-refractivity contribution in [1.82, 2.24) is 5.32 Å². The summed E-state index contributed by atoms with van der Waals surface area (Å²) in [6, 6.07) is 0. The molecule has 2 fully saturated rings. The minimum absolute atomic E-state index is 0.0362. The lowest BCUT2D eigenvalue weighted by atomic mass is 9.80. The third-order valence-corrected chi connectivity index (χ3v) is 10.1. The second kappa shape index (κ2) is 20.7. The van der Waals surface area contributed by atoms with Crippen molar-refractivity contribution < 1.29 is 9.90 Å². The summed E-state index contributed by atoms with van der Waals surface area (Å²) in [7, 11) is 0. The number of rotatable bonds is 14. The van der Waals surface area contributed by atoms with Crippen molar-refractivity contribution in [3.63, 3.8) is 0 Å². The first-order valence-corrected chi connectivity index (χ1v) is 16.8. The Morgan fingerprint density at radius 2 is 1.42 bits per heavy atom. The summed E-state index contributed by atoms with van der Waals surface area (Å²) in [5.41, 5.74) is 0.323. The molecule has 2 aliphatic rings. The summed E-state index contributed by atoms with van der Waals surface area (Å²) in [5, 5.41) is 12.8. The van der Waals surface area contributed by atoms with Gasteiger partial charge in [0.25, 0.3) is 0 Å². The van der Waals surface area contributed by atoms with Crippen LogP contribution in [0.2, 0.25) is 0 Å². The third kappa shape index (κ3) is 13.0. The van der Waals surface area contributed by atoms with E-state index < -0.39 is 5.54 Å². The number of aliphatic hydroxyl groups is 1. The molecule has 0 unspecified atom stereocenters. The summed E-state index contributed by atoms with van der Waals surface area (Å²) in [5.74, 6) is 4.44. The van der Waals surface area contributed by atoms with E-state index in [1.165, 1.54) is 69.3 Å². The number of aliphatic hydroxyl groups excluding tert-OH is 1. The van der Waals surface area contributed by atoms with Crippen LogP contribution in [0.5, 0.6) is 0 Å². The molecule has 0 aromatic carbocycles. The highest BCUT2D eigenvalue weighted by molar-refractivity contribution is 7.99.